The van der Waals surface area contributed by atoms with Crippen molar-refractivity contribution >= 4 is 0 Å². The maximum Gasteiger partial charge on any atom is 0.0781 e. The van der Waals surface area contributed by atoms with Gasteiger partial charge in [-0.1, -0.05) is 0 Å². The van der Waals surface area contributed by atoms with Crippen LogP contribution in [0.5, 0.6) is 0 Å². The molecule has 4 N–H and O–H groups in total. The maximum atomic E-state index is 9.48. The largest absolute Gasteiger partial charge is 0.391 e. The number of ether oxygens (including phenoxy) is 5. The third kappa shape index (κ3) is 17.1. The summed E-state index contributed by atoms with van der Waals surface area (Å²) in [5, 5.41) is 37.7. The van der Waals surface area contributed by atoms with Gasteiger partial charge in [-0.3, -0.25) is 0 Å². The van der Waals surface area contributed by atoms with Crippen molar-refractivity contribution in [2.75, 3.05) is 59.5 Å². The smallest absolute Gasteiger partial charge is 0.0781 e. The molecular weight excluding hydrogens is 384 g/mol. The lowest BCUT2D eigenvalue weighted by atomic mass is 9.92. The van der Waals surface area contributed by atoms with Crippen LogP contribution in [0.1, 0.15) is 34.6 Å². The molecule has 0 aromatic heterocycles. The van der Waals surface area contributed by atoms with E-state index in [-0.39, 0.29) is 59.0 Å². The van der Waals surface area contributed by atoms with Crippen molar-refractivity contribution in [1.82, 2.24) is 0 Å². The lowest BCUT2D eigenvalue weighted by Crippen LogP contribution is -2.43. The highest BCUT2D eigenvalue weighted by molar-refractivity contribution is 4.80. The third-order valence-corrected chi connectivity index (χ3v) is 3.68. The molecule has 176 valence electrons. The van der Waals surface area contributed by atoms with E-state index in [0.29, 0.717) is 6.61 Å². The molecule has 0 spiro atoms. The van der Waals surface area contributed by atoms with E-state index in [1.54, 1.807) is 27.7 Å². The first-order valence-electron chi connectivity index (χ1n) is 10.2. The Hall–Kier alpha value is -0.360. The van der Waals surface area contributed by atoms with Gasteiger partial charge in [0.25, 0.3) is 0 Å². The molecule has 5 atom stereocenters. The molecule has 0 saturated heterocycles. The minimum absolute atomic E-state index is 0.155. The molecule has 0 radical (unpaired) electrons. The van der Waals surface area contributed by atoms with E-state index in [1.165, 1.54) is 0 Å². The quantitative estimate of drug-likeness (QED) is 0.225. The Bertz CT molecular complexity index is 339. The standard InChI is InChI=1S/C20H42O9/c1-15(21)6-25-11-20(12-26-7-16(2)22,13-27-8-17(3)23)14-28-10-19(5)29-9-18(4)24/h15-19,21-24H,6-14H2,1-5H3. The van der Waals surface area contributed by atoms with Crippen molar-refractivity contribution in [3.05, 3.63) is 0 Å². The van der Waals surface area contributed by atoms with E-state index < -0.39 is 29.8 Å². The van der Waals surface area contributed by atoms with Crippen molar-refractivity contribution < 1.29 is 44.1 Å². The predicted molar refractivity (Wildman–Crippen MR) is 108 cm³/mol. The maximum absolute atomic E-state index is 9.48. The molecule has 0 aromatic rings. The summed E-state index contributed by atoms with van der Waals surface area (Å²) in [6.45, 7) is 10.2. The molecule has 0 heterocycles. The third-order valence-electron chi connectivity index (χ3n) is 3.68. The zero-order chi connectivity index (χ0) is 22.3. The van der Waals surface area contributed by atoms with Crippen LogP contribution in [0.2, 0.25) is 0 Å². The monoisotopic (exact) mass is 426 g/mol. The number of hydrogen-bond acceptors (Lipinski definition) is 9. The topological polar surface area (TPSA) is 127 Å². The van der Waals surface area contributed by atoms with Gasteiger partial charge < -0.3 is 44.1 Å². The highest BCUT2D eigenvalue weighted by Crippen LogP contribution is 2.21. The van der Waals surface area contributed by atoms with Crippen molar-refractivity contribution in [3.63, 3.8) is 0 Å². The molecule has 0 bridgehead atoms. The van der Waals surface area contributed by atoms with Gasteiger partial charge in [0, 0.05) is 0 Å². The summed E-state index contributed by atoms with van der Waals surface area (Å²) < 4.78 is 28.2. The summed E-state index contributed by atoms with van der Waals surface area (Å²) in [4.78, 5) is 0. The summed E-state index contributed by atoms with van der Waals surface area (Å²) in [7, 11) is 0. The minimum Gasteiger partial charge on any atom is -0.391 e. The van der Waals surface area contributed by atoms with Gasteiger partial charge in [0.15, 0.2) is 0 Å². The van der Waals surface area contributed by atoms with Gasteiger partial charge in [0.1, 0.15) is 0 Å². The predicted octanol–water partition coefficient (Wildman–Crippen LogP) is -0.0325. The highest BCUT2D eigenvalue weighted by Gasteiger charge is 2.33. The Kier molecular flexibility index (Phi) is 16.1. The fourth-order valence-corrected chi connectivity index (χ4v) is 2.38. The summed E-state index contributed by atoms with van der Waals surface area (Å²) in [6.07, 6.45) is -2.59. The molecule has 0 fully saturated rings. The van der Waals surface area contributed by atoms with Gasteiger partial charge in [-0.2, -0.15) is 0 Å². The van der Waals surface area contributed by atoms with Gasteiger partial charge in [0.05, 0.1) is 95.4 Å². The van der Waals surface area contributed by atoms with Gasteiger partial charge >= 0.3 is 0 Å². The van der Waals surface area contributed by atoms with E-state index in [9.17, 15) is 20.4 Å². The molecule has 0 rings (SSSR count). The van der Waals surface area contributed by atoms with Gasteiger partial charge in [-0.25, -0.2) is 0 Å². The van der Waals surface area contributed by atoms with E-state index in [2.05, 4.69) is 0 Å². The van der Waals surface area contributed by atoms with Crippen LogP contribution >= 0.6 is 0 Å². The van der Waals surface area contributed by atoms with Crippen LogP contribution in [-0.2, 0) is 23.7 Å². The molecule has 29 heavy (non-hydrogen) atoms. The van der Waals surface area contributed by atoms with Crippen molar-refractivity contribution in [2.45, 2.75) is 65.1 Å². The molecule has 0 aliphatic heterocycles. The average Bonchev–Trinajstić information content (AvgIpc) is 2.59. The van der Waals surface area contributed by atoms with Crippen molar-refractivity contribution in [3.8, 4) is 0 Å². The normalized spacial score (nSPS) is 19.3. The molecule has 0 saturated carbocycles. The molecule has 0 aliphatic rings. The Morgan fingerprint density at radius 1 is 0.517 bits per heavy atom. The Labute approximate surface area is 174 Å². The van der Waals surface area contributed by atoms with Crippen LogP contribution in [0.4, 0.5) is 0 Å². The van der Waals surface area contributed by atoms with Crippen LogP contribution in [0.15, 0.2) is 0 Å². The number of aliphatic hydroxyl groups is 4. The van der Waals surface area contributed by atoms with E-state index in [0.717, 1.165) is 0 Å². The Morgan fingerprint density at radius 3 is 1.14 bits per heavy atom. The molecule has 0 amide bonds. The summed E-state index contributed by atoms with van der Waals surface area (Å²) >= 11 is 0. The van der Waals surface area contributed by atoms with Gasteiger partial charge in [-0.15, -0.1) is 0 Å². The zero-order valence-corrected chi connectivity index (χ0v) is 18.6. The van der Waals surface area contributed by atoms with Crippen LogP contribution < -0.4 is 0 Å². The fourth-order valence-electron chi connectivity index (χ4n) is 2.38. The van der Waals surface area contributed by atoms with Crippen LogP contribution in [0.25, 0.3) is 0 Å². The Morgan fingerprint density at radius 2 is 0.828 bits per heavy atom. The van der Waals surface area contributed by atoms with E-state index >= 15 is 0 Å². The molecule has 5 unspecified atom stereocenters. The number of aliphatic hydroxyl groups excluding tert-OH is 4. The molecule has 0 aromatic carbocycles. The SMILES string of the molecule is CC(O)COCC(COCC(C)O)(COCC(C)O)COCC(C)OCC(C)O. The molecule has 9 nitrogen and oxygen atoms in total. The van der Waals surface area contributed by atoms with Crippen molar-refractivity contribution in [1.29, 1.82) is 0 Å². The Balaban J connectivity index is 4.91. The fraction of sp³-hybridized carbons (Fsp3) is 1.00. The number of rotatable bonds is 19. The average molecular weight is 427 g/mol. The molecule has 9 heteroatoms. The zero-order valence-electron chi connectivity index (χ0n) is 18.6. The summed E-state index contributed by atoms with van der Waals surface area (Å²) in [6, 6.07) is 0. The minimum atomic E-state index is -0.692. The second kappa shape index (κ2) is 16.3. The summed E-state index contributed by atoms with van der Waals surface area (Å²) in [5.41, 5.74) is -0.692. The lowest BCUT2D eigenvalue weighted by molar-refractivity contribution is -0.133. The first kappa shape index (κ1) is 28.6. The van der Waals surface area contributed by atoms with Crippen LogP contribution in [0.3, 0.4) is 0 Å². The lowest BCUT2D eigenvalue weighted by Gasteiger charge is -2.34. The van der Waals surface area contributed by atoms with Crippen molar-refractivity contribution in [2.24, 2.45) is 5.41 Å². The second-order valence-corrected chi connectivity index (χ2v) is 8.10. The van der Waals surface area contributed by atoms with Crippen LogP contribution in [0, 0.1) is 5.41 Å². The van der Waals surface area contributed by atoms with Crippen LogP contribution in [-0.4, -0.2) is 110 Å². The second-order valence-electron chi connectivity index (χ2n) is 8.10. The first-order valence-corrected chi connectivity index (χ1v) is 10.2. The van der Waals surface area contributed by atoms with Gasteiger partial charge in [-0.05, 0) is 34.6 Å². The number of hydrogen-bond donors (Lipinski definition) is 4. The summed E-state index contributed by atoms with van der Waals surface area (Å²) in [5.74, 6) is 0. The molecular formula is C20H42O9. The molecule has 0 aliphatic carbocycles. The van der Waals surface area contributed by atoms with Gasteiger partial charge in [0.2, 0.25) is 0 Å². The van der Waals surface area contributed by atoms with E-state index in [1.807, 2.05) is 6.92 Å². The highest BCUT2D eigenvalue weighted by atomic mass is 16.5. The van der Waals surface area contributed by atoms with E-state index in [4.69, 9.17) is 23.7 Å². The first-order chi connectivity index (χ1) is 13.6.